The molecular formula is C18H32N2O. The average Bonchev–Trinajstić information content (AvgIpc) is 2.44. The van der Waals surface area contributed by atoms with Gasteiger partial charge in [-0.15, -0.1) is 0 Å². The normalized spacial score (nSPS) is 14.9. The molecule has 1 aromatic rings. The van der Waals surface area contributed by atoms with Gasteiger partial charge in [0.15, 0.2) is 0 Å². The molecular weight excluding hydrogens is 260 g/mol. The molecule has 0 aliphatic heterocycles. The van der Waals surface area contributed by atoms with Crippen LogP contribution in [0.2, 0.25) is 0 Å². The number of hydrogen-bond donors (Lipinski definition) is 1. The Morgan fingerprint density at radius 1 is 1.10 bits per heavy atom. The average molecular weight is 292 g/mol. The molecule has 120 valence electrons. The van der Waals surface area contributed by atoms with Gasteiger partial charge in [-0.2, -0.15) is 0 Å². The van der Waals surface area contributed by atoms with E-state index >= 15 is 0 Å². The highest BCUT2D eigenvalue weighted by molar-refractivity contribution is 5.21. The van der Waals surface area contributed by atoms with Crippen LogP contribution in [0.1, 0.15) is 39.3 Å². The highest BCUT2D eigenvalue weighted by Crippen LogP contribution is 2.25. The molecule has 1 N–H and O–H groups in total. The Kier molecular flexibility index (Phi) is 7.94. The lowest BCUT2D eigenvalue weighted by atomic mass is 9.90. The summed E-state index contributed by atoms with van der Waals surface area (Å²) >= 11 is 0. The van der Waals surface area contributed by atoms with Crippen molar-refractivity contribution >= 4 is 0 Å². The van der Waals surface area contributed by atoms with Gasteiger partial charge in [0.05, 0.1) is 12.7 Å². The van der Waals surface area contributed by atoms with Crippen LogP contribution in [-0.4, -0.2) is 44.3 Å². The highest BCUT2D eigenvalue weighted by atomic mass is 16.5. The van der Waals surface area contributed by atoms with Gasteiger partial charge in [0.25, 0.3) is 0 Å². The zero-order chi connectivity index (χ0) is 15.8. The molecule has 1 aromatic carbocycles. The van der Waals surface area contributed by atoms with Crippen molar-refractivity contribution in [2.45, 2.75) is 45.9 Å². The molecule has 3 heteroatoms. The third kappa shape index (κ3) is 5.77. The minimum Gasteiger partial charge on any atom is -0.377 e. The lowest BCUT2D eigenvalue weighted by Crippen LogP contribution is -2.46. The number of nitrogens with one attached hydrogen (secondary N) is 1. The molecule has 0 radical (unpaired) electrons. The Balaban J connectivity index is 2.78. The monoisotopic (exact) mass is 292 g/mol. The molecule has 0 bridgehead atoms. The first-order valence-corrected chi connectivity index (χ1v) is 8.01. The molecule has 0 aromatic heterocycles. The van der Waals surface area contributed by atoms with Crippen LogP contribution in [-0.2, 0) is 4.74 Å². The Bertz CT molecular complexity index is 378. The van der Waals surface area contributed by atoms with Gasteiger partial charge < -0.3 is 10.1 Å². The molecule has 0 saturated carbocycles. The predicted molar refractivity (Wildman–Crippen MR) is 90.6 cm³/mol. The molecule has 3 nitrogen and oxygen atoms in total. The lowest BCUT2D eigenvalue weighted by molar-refractivity contribution is 0.0444. The van der Waals surface area contributed by atoms with E-state index in [9.17, 15) is 0 Å². The van der Waals surface area contributed by atoms with Crippen LogP contribution in [0.15, 0.2) is 30.3 Å². The van der Waals surface area contributed by atoms with Crippen molar-refractivity contribution in [3.05, 3.63) is 35.9 Å². The number of rotatable bonds is 9. The third-order valence-electron chi connectivity index (χ3n) is 3.90. The van der Waals surface area contributed by atoms with Crippen LogP contribution >= 0.6 is 0 Å². The van der Waals surface area contributed by atoms with E-state index in [-0.39, 0.29) is 0 Å². The van der Waals surface area contributed by atoms with Crippen LogP contribution in [0.3, 0.4) is 0 Å². The highest BCUT2D eigenvalue weighted by Gasteiger charge is 2.28. The lowest BCUT2D eigenvalue weighted by Gasteiger charge is -2.37. The van der Waals surface area contributed by atoms with Crippen LogP contribution in [0.4, 0.5) is 0 Å². The minimum atomic E-state index is 0.296. The van der Waals surface area contributed by atoms with Crippen molar-refractivity contribution in [3.8, 4) is 0 Å². The summed E-state index contributed by atoms with van der Waals surface area (Å²) in [6.45, 7) is 10.5. The van der Waals surface area contributed by atoms with Crippen molar-refractivity contribution in [1.29, 1.82) is 0 Å². The smallest absolute Gasteiger partial charge is 0.0596 e. The molecule has 0 amide bonds. The van der Waals surface area contributed by atoms with E-state index < -0.39 is 0 Å². The van der Waals surface area contributed by atoms with E-state index in [0.29, 0.717) is 24.1 Å². The van der Waals surface area contributed by atoms with Crippen LogP contribution in [0.5, 0.6) is 0 Å². The topological polar surface area (TPSA) is 24.5 Å². The third-order valence-corrected chi connectivity index (χ3v) is 3.90. The SMILES string of the molecule is CNC(c1ccccc1)C(C(C)C)N(C)CCOC(C)C. The van der Waals surface area contributed by atoms with E-state index in [4.69, 9.17) is 4.74 Å². The predicted octanol–water partition coefficient (Wildman–Crippen LogP) is 3.33. The van der Waals surface area contributed by atoms with Gasteiger partial charge in [0, 0.05) is 18.6 Å². The molecule has 2 unspecified atom stereocenters. The first-order chi connectivity index (χ1) is 9.97. The second-order valence-corrected chi connectivity index (χ2v) is 6.31. The van der Waals surface area contributed by atoms with Crippen LogP contribution in [0, 0.1) is 5.92 Å². The number of nitrogens with zero attached hydrogens (tertiary/aromatic N) is 1. The molecule has 21 heavy (non-hydrogen) atoms. The summed E-state index contributed by atoms with van der Waals surface area (Å²) in [5, 5.41) is 3.50. The van der Waals surface area contributed by atoms with Gasteiger partial charge in [0.2, 0.25) is 0 Å². The van der Waals surface area contributed by atoms with E-state index in [1.807, 2.05) is 7.05 Å². The number of likely N-dealkylation sites (N-methyl/N-ethyl adjacent to an activating group) is 2. The Hall–Kier alpha value is -0.900. The standard InChI is InChI=1S/C18H32N2O/c1-14(2)18(20(6)12-13-21-15(3)4)17(19-5)16-10-8-7-9-11-16/h7-11,14-15,17-19H,12-13H2,1-6H3. The summed E-state index contributed by atoms with van der Waals surface area (Å²) in [5.41, 5.74) is 1.34. The molecule has 0 heterocycles. The minimum absolute atomic E-state index is 0.296. The number of hydrogen-bond acceptors (Lipinski definition) is 3. The van der Waals surface area contributed by atoms with E-state index in [1.54, 1.807) is 0 Å². The molecule has 0 saturated heterocycles. The Morgan fingerprint density at radius 3 is 2.19 bits per heavy atom. The quantitative estimate of drug-likeness (QED) is 0.755. The van der Waals surface area contributed by atoms with E-state index in [2.05, 4.69) is 75.3 Å². The van der Waals surface area contributed by atoms with Gasteiger partial charge in [-0.1, -0.05) is 44.2 Å². The van der Waals surface area contributed by atoms with Crippen LogP contribution < -0.4 is 5.32 Å². The number of ether oxygens (including phenoxy) is 1. The maximum Gasteiger partial charge on any atom is 0.0596 e. The first kappa shape index (κ1) is 18.1. The fourth-order valence-electron chi connectivity index (χ4n) is 2.92. The largest absolute Gasteiger partial charge is 0.377 e. The summed E-state index contributed by atoms with van der Waals surface area (Å²) in [5.74, 6) is 0.562. The van der Waals surface area contributed by atoms with E-state index in [0.717, 1.165) is 13.2 Å². The Morgan fingerprint density at radius 2 is 1.71 bits per heavy atom. The summed E-state index contributed by atoms with van der Waals surface area (Å²) < 4.78 is 5.70. The second-order valence-electron chi connectivity index (χ2n) is 6.31. The van der Waals surface area contributed by atoms with Crippen LogP contribution in [0.25, 0.3) is 0 Å². The van der Waals surface area contributed by atoms with E-state index in [1.165, 1.54) is 5.56 Å². The van der Waals surface area contributed by atoms with Gasteiger partial charge in [0.1, 0.15) is 0 Å². The van der Waals surface area contributed by atoms with Crippen molar-refractivity contribution < 1.29 is 4.74 Å². The first-order valence-electron chi connectivity index (χ1n) is 8.01. The van der Waals surface area contributed by atoms with Gasteiger partial charge in [-0.3, -0.25) is 4.90 Å². The van der Waals surface area contributed by atoms with Gasteiger partial charge in [-0.05, 0) is 39.4 Å². The fraction of sp³-hybridized carbons (Fsp3) is 0.667. The summed E-state index contributed by atoms with van der Waals surface area (Å²) in [4.78, 5) is 2.42. The summed E-state index contributed by atoms with van der Waals surface area (Å²) in [6, 6.07) is 11.5. The Labute approximate surface area is 130 Å². The zero-order valence-corrected chi connectivity index (χ0v) is 14.5. The molecule has 0 spiro atoms. The molecule has 0 aliphatic rings. The summed E-state index contributed by atoms with van der Waals surface area (Å²) in [7, 11) is 4.24. The molecule has 0 fully saturated rings. The van der Waals surface area contributed by atoms with Crippen molar-refractivity contribution in [2.75, 3.05) is 27.2 Å². The fourth-order valence-corrected chi connectivity index (χ4v) is 2.92. The molecule has 2 atom stereocenters. The maximum atomic E-state index is 5.70. The maximum absolute atomic E-state index is 5.70. The van der Waals surface area contributed by atoms with Crippen molar-refractivity contribution in [2.24, 2.45) is 5.92 Å². The van der Waals surface area contributed by atoms with Gasteiger partial charge >= 0.3 is 0 Å². The van der Waals surface area contributed by atoms with Gasteiger partial charge in [-0.25, -0.2) is 0 Å². The van der Waals surface area contributed by atoms with Crippen molar-refractivity contribution in [1.82, 2.24) is 10.2 Å². The molecule has 0 aliphatic carbocycles. The zero-order valence-electron chi connectivity index (χ0n) is 14.5. The summed E-state index contributed by atoms with van der Waals surface area (Å²) in [6.07, 6.45) is 0.296. The molecule has 1 rings (SSSR count). The number of benzene rings is 1. The second kappa shape index (κ2) is 9.19. The van der Waals surface area contributed by atoms with Crippen molar-refractivity contribution in [3.63, 3.8) is 0 Å².